The number of aromatic nitrogens is 3. The number of anilines is 1. The number of fused-ring (bicyclic) bond motifs is 1. The monoisotopic (exact) mass is 314 g/mol. The number of thiazole rings is 1. The van der Waals surface area contributed by atoms with Crippen molar-refractivity contribution in [2.24, 2.45) is 0 Å². The van der Waals surface area contributed by atoms with Gasteiger partial charge in [-0.15, -0.1) is 11.3 Å². The fourth-order valence-electron chi connectivity index (χ4n) is 3.32. The predicted octanol–water partition coefficient (Wildman–Crippen LogP) is 3.37. The number of aryl methyl sites for hydroxylation is 1. The number of hydrogen-bond acceptors (Lipinski definition) is 4. The van der Waals surface area contributed by atoms with E-state index in [4.69, 9.17) is 0 Å². The molecule has 2 unspecified atom stereocenters. The Balaban J connectivity index is 1.51. The summed E-state index contributed by atoms with van der Waals surface area (Å²) in [7, 11) is 0. The molecule has 6 heteroatoms. The number of rotatable bonds is 3. The van der Waals surface area contributed by atoms with Crippen LogP contribution < -0.4 is 10.9 Å². The van der Waals surface area contributed by atoms with Gasteiger partial charge in [0.05, 0.1) is 10.9 Å². The maximum absolute atomic E-state index is 11.7. The third-order valence-electron chi connectivity index (χ3n) is 4.45. The Bertz CT molecular complexity index is 862. The number of nitrogens with one attached hydrogen (secondary N) is 3. The van der Waals surface area contributed by atoms with E-state index in [1.807, 2.05) is 18.3 Å². The molecule has 3 N–H and O–H groups in total. The zero-order valence-electron chi connectivity index (χ0n) is 12.3. The van der Waals surface area contributed by atoms with Crippen LogP contribution in [0.4, 0.5) is 5.13 Å². The van der Waals surface area contributed by atoms with Crippen molar-refractivity contribution >= 4 is 27.4 Å². The van der Waals surface area contributed by atoms with E-state index in [1.165, 1.54) is 10.4 Å². The van der Waals surface area contributed by atoms with Crippen molar-refractivity contribution in [1.29, 1.82) is 0 Å². The fraction of sp³-hybridized carbons (Fsp3) is 0.375. The van der Waals surface area contributed by atoms with Crippen LogP contribution >= 0.6 is 11.3 Å². The summed E-state index contributed by atoms with van der Waals surface area (Å²) >= 11 is 1.70. The molecule has 1 saturated carbocycles. The summed E-state index contributed by atoms with van der Waals surface area (Å²) in [6.07, 6.45) is 5.29. The first-order valence-electron chi connectivity index (χ1n) is 7.58. The van der Waals surface area contributed by atoms with Crippen LogP contribution in [-0.2, 0) is 0 Å². The lowest BCUT2D eigenvalue weighted by atomic mass is 9.96. The van der Waals surface area contributed by atoms with Crippen molar-refractivity contribution in [2.45, 2.75) is 38.1 Å². The standard InChI is InChI=1S/C16H18N4OS/c1-9-8-17-16(22-9)18-12-4-2-10(6-12)11-3-5-14-13(7-11)15(21)20-19-14/h3,5,7-8,10,12H,2,4,6H2,1H3,(H,17,18)(H2,19,20,21). The van der Waals surface area contributed by atoms with E-state index in [2.05, 4.69) is 33.5 Å². The predicted molar refractivity (Wildman–Crippen MR) is 89.8 cm³/mol. The van der Waals surface area contributed by atoms with Gasteiger partial charge in [-0.3, -0.25) is 15.0 Å². The minimum Gasteiger partial charge on any atom is -0.359 e. The quantitative estimate of drug-likeness (QED) is 0.694. The van der Waals surface area contributed by atoms with Crippen LogP contribution in [0.25, 0.3) is 10.9 Å². The zero-order valence-corrected chi connectivity index (χ0v) is 13.2. The largest absolute Gasteiger partial charge is 0.359 e. The van der Waals surface area contributed by atoms with Crippen molar-refractivity contribution in [1.82, 2.24) is 15.2 Å². The molecule has 1 aromatic carbocycles. The van der Waals surface area contributed by atoms with Gasteiger partial charge in [0, 0.05) is 17.1 Å². The molecule has 22 heavy (non-hydrogen) atoms. The second kappa shape index (κ2) is 5.28. The van der Waals surface area contributed by atoms with Gasteiger partial charge in [0.15, 0.2) is 5.13 Å². The van der Waals surface area contributed by atoms with Gasteiger partial charge in [0.2, 0.25) is 0 Å². The number of aromatic amines is 2. The average molecular weight is 314 g/mol. The number of H-pyrrole nitrogens is 2. The molecule has 2 atom stereocenters. The minimum absolute atomic E-state index is 0.0391. The number of nitrogens with zero attached hydrogens (tertiary/aromatic N) is 1. The zero-order chi connectivity index (χ0) is 15.1. The molecule has 5 nitrogen and oxygen atoms in total. The van der Waals surface area contributed by atoms with E-state index in [0.29, 0.717) is 12.0 Å². The lowest BCUT2D eigenvalue weighted by Crippen LogP contribution is -2.15. The first kappa shape index (κ1) is 13.6. The summed E-state index contributed by atoms with van der Waals surface area (Å²) in [4.78, 5) is 17.4. The Hall–Kier alpha value is -2.08. The van der Waals surface area contributed by atoms with Crippen LogP contribution in [0.3, 0.4) is 0 Å². The lowest BCUT2D eigenvalue weighted by molar-refractivity contribution is 0.703. The van der Waals surface area contributed by atoms with Crippen LogP contribution in [-0.4, -0.2) is 21.2 Å². The normalized spacial score (nSPS) is 21.5. The van der Waals surface area contributed by atoms with Gasteiger partial charge in [0.25, 0.3) is 5.56 Å². The molecule has 0 radical (unpaired) electrons. The second-order valence-electron chi connectivity index (χ2n) is 6.01. The summed E-state index contributed by atoms with van der Waals surface area (Å²) in [6.45, 7) is 2.07. The molecule has 0 amide bonds. The maximum Gasteiger partial charge on any atom is 0.271 e. The molecule has 0 saturated heterocycles. The fourth-order valence-corrected chi connectivity index (χ4v) is 4.06. The van der Waals surface area contributed by atoms with Gasteiger partial charge >= 0.3 is 0 Å². The van der Waals surface area contributed by atoms with Gasteiger partial charge in [-0.05, 0) is 49.8 Å². The van der Waals surface area contributed by atoms with Crippen molar-refractivity contribution in [3.05, 3.63) is 45.2 Å². The van der Waals surface area contributed by atoms with Crippen LogP contribution in [0.2, 0.25) is 0 Å². The highest BCUT2D eigenvalue weighted by Gasteiger charge is 2.26. The molecule has 0 spiro atoms. The van der Waals surface area contributed by atoms with Gasteiger partial charge in [-0.25, -0.2) is 4.98 Å². The average Bonchev–Trinajstić information content (AvgIpc) is 3.22. The summed E-state index contributed by atoms with van der Waals surface area (Å²) in [5.74, 6) is 0.511. The Morgan fingerprint density at radius 2 is 2.23 bits per heavy atom. The van der Waals surface area contributed by atoms with Crippen molar-refractivity contribution in [3.63, 3.8) is 0 Å². The van der Waals surface area contributed by atoms with Gasteiger partial charge in [-0.2, -0.15) is 0 Å². The topological polar surface area (TPSA) is 73.6 Å². The summed E-state index contributed by atoms with van der Waals surface area (Å²) < 4.78 is 0. The SMILES string of the molecule is Cc1cnc(NC2CCC(c3ccc4[nH][nH]c(=O)c4c3)C2)s1. The second-order valence-corrected chi connectivity index (χ2v) is 7.25. The molecule has 3 aromatic rings. The number of benzene rings is 1. The van der Waals surface area contributed by atoms with E-state index in [9.17, 15) is 4.79 Å². The number of hydrogen-bond donors (Lipinski definition) is 3. The molecule has 114 valence electrons. The Morgan fingerprint density at radius 3 is 3.05 bits per heavy atom. The molecule has 1 aliphatic carbocycles. The third kappa shape index (κ3) is 2.43. The smallest absolute Gasteiger partial charge is 0.271 e. The van der Waals surface area contributed by atoms with Crippen LogP contribution in [0.15, 0.2) is 29.2 Å². The third-order valence-corrected chi connectivity index (χ3v) is 5.30. The van der Waals surface area contributed by atoms with Gasteiger partial charge in [0.1, 0.15) is 0 Å². The first-order valence-corrected chi connectivity index (χ1v) is 8.40. The van der Waals surface area contributed by atoms with Crippen LogP contribution in [0, 0.1) is 6.92 Å². The molecule has 2 aromatic heterocycles. The highest BCUT2D eigenvalue weighted by Crippen LogP contribution is 2.36. The molecular formula is C16H18N4OS. The van der Waals surface area contributed by atoms with E-state index in [-0.39, 0.29) is 5.56 Å². The van der Waals surface area contributed by atoms with Crippen LogP contribution in [0.1, 0.15) is 35.6 Å². The van der Waals surface area contributed by atoms with Gasteiger partial charge < -0.3 is 5.32 Å². The van der Waals surface area contributed by atoms with E-state index >= 15 is 0 Å². The summed E-state index contributed by atoms with van der Waals surface area (Å²) in [5, 5.41) is 10.8. The van der Waals surface area contributed by atoms with Crippen molar-refractivity contribution < 1.29 is 0 Å². The Labute approximate surface area is 131 Å². The van der Waals surface area contributed by atoms with Crippen LogP contribution in [0.5, 0.6) is 0 Å². The molecule has 0 bridgehead atoms. The van der Waals surface area contributed by atoms with Crippen molar-refractivity contribution in [3.8, 4) is 0 Å². The highest BCUT2D eigenvalue weighted by atomic mass is 32.1. The Morgan fingerprint density at radius 1 is 1.32 bits per heavy atom. The molecule has 0 aliphatic heterocycles. The molecule has 4 rings (SSSR count). The minimum atomic E-state index is -0.0391. The highest BCUT2D eigenvalue weighted by molar-refractivity contribution is 7.15. The summed E-state index contributed by atoms with van der Waals surface area (Å²) in [5.41, 5.74) is 2.10. The van der Waals surface area contributed by atoms with E-state index < -0.39 is 0 Å². The molecule has 1 fully saturated rings. The first-order chi connectivity index (χ1) is 10.7. The molecular weight excluding hydrogens is 296 g/mol. The van der Waals surface area contributed by atoms with Gasteiger partial charge in [-0.1, -0.05) is 6.07 Å². The Kier molecular flexibility index (Phi) is 3.26. The molecule has 1 aliphatic rings. The van der Waals surface area contributed by atoms with E-state index in [0.717, 1.165) is 35.3 Å². The maximum atomic E-state index is 11.7. The lowest BCUT2D eigenvalue weighted by Gasteiger charge is -2.13. The molecule has 2 heterocycles. The summed E-state index contributed by atoms with van der Waals surface area (Å²) in [6, 6.07) is 6.63. The van der Waals surface area contributed by atoms with E-state index in [1.54, 1.807) is 11.3 Å². The van der Waals surface area contributed by atoms with Crippen molar-refractivity contribution in [2.75, 3.05) is 5.32 Å².